The summed E-state index contributed by atoms with van der Waals surface area (Å²) in [6, 6.07) is 8.25. The molecule has 2 heteroatoms. The van der Waals surface area contributed by atoms with Gasteiger partial charge in [-0.3, -0.25) is 4.79 Å². The van der Waals surface area contributed by atoms with Crippen LogP contribution < -0.4 is 0 Å². The van der Waals surface area contributed by atoms with Crippen molar-refractivity contribution in [3.63, 3.8) is 0 Å². The van der Waals surface area contributed by atoms with Crippen LogP contribution in [0.2, 0.25) is 0 Å². The fourth-order valence-corrected chi connectivity index (χ4v) is 2.97. The number of fused-ring (bicyclic) bond motifs is 1. The first-order valence-corrected chi connectivity index (χ1v) is 6.01. The Bertz CT molecular complexity index is 404. The van der Waals surface area contributed by atoms with Crippen molar-refractivity contribution in [2.45, 2.75) is 38.5 Å². The van der Waals surface area contributed by atoms with Crippen molar-refractivity contribution in [3.05, 3.63) is 35.4 Å². The van der Waals surface area contributed by atoms with Gasteiger partial charge in [0.1, 0.15) is 5.78 Å². The Morgan fingerprint density at radius 2 is 1.69 bits per heavy atom. The van der Waals surface area contributed by atoms with Gasteiger partial charge in [0, 0.05) is 0 Å². The summed E-state index contributed by atoms with van der Waals surface area (Å²) in [5.74, 6) is 0.198. The molecule has 1 nitrogen and oxygen atoms in total. The van der Waals surface area contributed by atoms with Crippen molar-refractivity contribution in [2.75, 3.05) is 0 Å². The third-order valence-electron chi connectivity index (χ3n) is 3.91. The first kappa shape index (κ1) is 11.7. The Labute approximate surface area is 102 Å². The van der Waals surface area contributed by atoms with E-state index in [-0.39, 0.29) is 5.78 Å². The van der Waals surface area contributed by atoms with E-state index in [1.165, 1.54) is 11.1 Å². The van der Waals surface area contributed by atoms with Gasteiger partial charge in [-0.25, -0.2) is 0 Å². The predicted molar refractivity (Wildman–Crippen MR) is 66.9 cm³/mol. The van der Waals surface area contributed by atoms with E-state index in [2.05, 4.69) is 12.1 Å². The summed E-state index contributed by atoms with van der Waals surface area (Å²) >= 11 is 6.46. The second-order valence-corrected chi connectivity index (χ2v) is 6.18. The van der Waals surface area contributed by atoms with Crippen molar-refractivity contribution < 1.29 is 4.79 Å². The lowest BCUT2D eigenvalue weighted by Crippen LogP contribution is -2.45. The molecule has 0 atom stereocenters. The maximum atomic E-state index is 12.0. The first-order valence-electron chi connectivity index (χ1n) is 5.63. The fourth-order valence-electron chi connectivity index (χ4n) is 2.70. The Kier molecular flexibility index (Phi) is 2.62. The SMILES string of the molecule is CC(=O)C1(C(C)(C)Cl)Cc2ccccc2C1. The van der Waals surface area contributed by atoms with Crippen LogP contribution in [-0.2, 0) is 17.6 Å². The second-order valence-electron chi connectivity index (χ2n) is 5.23. The van der Waals surface area contributed by atoms with Gasteiger partial charge >= 0.3 is 0 Å². The lowest BCUT2D eigenvalue weighted by Gasteiger charge is -2.37. The lowest BCUT2D eigenvalue weighted by atomic mass is 9.71. The number of carbonyl (C=O) groups excluding carboxylic acids is 1. The van der Waals surface area contributed by atoms with Crippen LogP contribution in [0, 0.1) is 5.41 Å². The fraction of sp³-hybridized carbons (Fsp3) is 0.500. The summed E-state index contributed by atoms with van der Waals surface area (Å²) in [6.45, 7) is 5.56. The van der Waals surface area contributed by atoms with Crippen LogP contribution in [0.15, 0.2) is 24.3 Å². The third kappa shape index (κ3) is 1.58. The Hall–Kier alpha value is -0.820. The monoisotopic (exact) mass is 236 g/mol. The van der Waals surface area contributed by atoms with E-state index in [9.17, 15) is 4.79 Å². The number of halogens is 1. The topological polar surface area (TPSA) is 17.1 Å². The number of benzene rings is 1. The zero-order valence-corrected chi connectivity index (χ0v) is 10.8. The molecule has 0 bridgehead atoms. The maximum Gasteiger partial charge on any atom is 0.138 e. The molecular formula is C14H17ClO. The highest BCUT2D eigenvalue weighted by Crippen LogP contribution is 2.48. The molecule has 16 heavy (non-hydrogen) atoms. The standard InChI is InChI=1S/C14H17ClO/c1-10(16)14(13(2,3)15)8-11-6-4-5-7-12(11)9-14/h4-7H,8-9H2,1-3H3. The molecule has 0 saturated heterocycles. The largest absolute Gasteiger partial charge is 0.299 e. The van der Waals surface area contributed by atoms with Crippen LogP contribution in [0.25, 0.3) is 0 Å². The van der Waals surface area contributed by atoms with E-state index in [0.717, 1.165) is 12.8 Å². The van der Waals surface area contributed by atoms with Crippen molar-refractivity contribution in [1.29, 1.82) is 0 Å². The van der Waals surface area contributed by atoms with Gasteiger partial charge in [-0.2, -0.15) is 0 Å². The van der Waals surface area contributed by atoms with Gasteiger partial charge in [-0.15, -0.1) is 11.6 Å². The van der Waals surface area contributed by atoms with Crippen molar-refractivity contribution in [2.24, 2.45) is 5.41 Å². The molecule has 1 aromatic carbocycles. The van der Waals surface area contributed by atoms with Crippen LogP contribution in [0.5, 0.6) is 0 Å². The summed E-state index contributed by atoms with van der Waals surface area (Å²) in [5, 5.41) is 0. The quantitative estimate of drug-likeness (QED) is 0.720. The number of Topliss-reactive ketones (excluding diaryl/α,β-unsaturated/α-hetero) is 1. The highest BCUT2D eigenvalue weighted by Gasteiger charge is 2.51. The van der Waals surface area contributed by atoms with Gasteiger partial charge in [0.25, 0.3) is 0 Å². The highest BCUT2D eigenvalue weighted by molar-refractivity contribution is 6.25. The number of carbonyl (C=O) groups is 1. The minimum atomic E-state index is -0.502. The van der Waals surface area contributed by atoms with Crippen molar-refractivity contribution in [1.82, 2.24) is 0 Å². The number of hydrogen-bond acceptors (Lipinski definition) is 1. The molecule has 1 aliphatic carbocycles. The zero-order chi connectivity index (χ0) is 12.0. The van der Waals surface area contributed by atoms with E-state index in [4.69, 9.17) is 11.6 Å². The van der Waals surface area contributed by atoms with Gasteiger partial charge in [0.05, 0.1) is 10.3 Å². The van der Waals surface area contributed by atoms with E-state index in [0.29, 0.717) is 0 Å². The molecule has 0 heterocycles. The van der Waals surface area contributed by atoms with Gasteiger partial charge in [-0.1, -0.05) is 24.3 Å². The normalized spacial score (nSPS) is 18.2. The van der Waals surface area contributed by atoms with E-state index >= 15 is 0 Å². The zero-order valence-electron chi connectivity index (χ0n) is 10.0. The Morgan fingerprint density at radius 3 is 2.00 bits per heavy atom. The van der Waals surface area contributed by atoms with E-state index < -0.39 is 10.3 Å². The maximum absolute atomic E-state index is 12.0. The van der Waals surface area contributed by atoms with Crippen molar-refractivity contribution in [3.8, 4) is 0 Å². The molecule has 1 aromatic rings. The Balaban J connectivity index is 2.47. The van der Waals surface area contributed by atoms with E-state index in [1.54, 1.807) is 6.92 Å². The van der Waals surface area contributed by atoms with Crippen LogP contribution in [0.1, 0.15) is 31.9 Å². The lowest BCUT2D eigenvalue weighted by molar-refractivity contribution is -0.127. The molecule has 0 spiro atoms. The van der Waals surface area contributed by atoms with Gasteiger partial charge in [0.15, 0.2) is 0 Å². The third-order valence-corrected chi connectivity index (χ3v) is 4.28. The van der Waals surface area contributed by atoms with Crippen LogP contribution >= 0.6 is 11.6 Å². The number of ketones is 1. The molecule has 0 aromatic heterocycles. The molecule has 0 aliphatic heterocycles. The minimum Gasteiger partial charge on any atom is -0.299 e. The highest BCUT2D eigenvalue weighted by atomic mass is 35.5. The first-order chi connectivity index (χ1) is 7.37. The molecule has 0 amide bonds. The summed E-state index contributed by atoms with van der Waals surface area (Å²) in [5.41, 5.74) is 2.11. The molecule has 86 valence electrons. The van der Waals surface area contributed by atoms with Gasteiger partial charge in [0.2, 0.25) is 0 Å². The second kappa shape index (κ2) is 3.59. The van der Waals surface area contributed by atoms with Crippen molar-refractivity contribution >= 4 is 17.4 Å². The number of rotatable bonds is 2. The average molecular weight is 237 g/mol. The summed E-state index contributed by atoms with van der Waals surface area (Å²) in [6.07, 6.45) is 1.55. The molecular weight excluding hydrogens is 220 g/mol. The number of hydrogen-bond donors (Lipinski definition) is 0. The predicted octanol–water partition coefficient (Wildman–Crippen LogP) is 3.38. The molecule has 1 aliphatic rings. The number of alkyl halides is 1. The molecule has 0 unspecified atom stereocenters. The smallest absolute Gasteiger partial charge is 0.138 e. The Morgan fingerprint density at radius 1 is 1.25 bits per heavy atom. The molecule has 0 radical (unpaired) electrons. The molecule has 2 rings (SSSR count). The van der Waals surface area contributed by atoms with Gasteiger partial charge < -0.3 is 0 Å². The van der Waals surface area contributed by atoms with E-state index in [1.807, 2.05) is 26.0 Å². The summed E-state index contributed by atoms with van der Waals surface area (Å²) < 4.78 is 0. The van der Waals surface area contributed by atoms with Gasteiger partial charge in [-0.05, 0) is 44.7 Å². The summed E-state index contributed by atoms with van der Waals surface area (Å²) in [7, 11) is 0. The van der Waals surface area contributed by atoms with Crippen LogP contribution in [0.4, 0.5) is 0 Å². The average Bonchev–Trinajstić information content (AvgIpc) is 2.56. The molecule has 0 saturated carbocycles. The molecule has 0 fully saturated rings. The summed E-state index contributed by atoms with van der Waals surface area (Å²) in [4.78, 5) is 11.5. The molecule has 0 N–H and O–H groups in total. The minimum absolute atomic E-state index is 0.198. The van der Waals surface area contributed by atoms with Crippen LogP contribution in [-0.4, -0.2) is 10.7 Å². The van der Waals surface area contributed by atoms with Crippen LogP contribution in [0.3, 0.4) is 0 Å².